The number of carbonyl (C=O) groups is 1. The predicted molar refractivity (Wildman–Crippen MR) is 75.5 cm³/mol. The molecule has 0 saturated heterocycles. The molecule has 4 heteroatoms. The highest BCUT2D eigenvalue weighted by Gasteiger charge is 2.11. The summed E-state index contributed by atoms with van der Waals surface area (Å²) in [6.07, 6.45) is 1.03. The van der Waals surface area contributed by atoms with Gasteiger partial charge in [-0.05, 0) is 66.7 Å². The molecule has 0 spiro atoms. The molecule has 3 nitrogen and oxygen atoms in total. The van der Waals surface area contributed by atoms with Crippen molar-refractivity contribution in [3.05, 3.63) is 27.8 Å². The van der Waals surface area contributed by atoms with Gasteiger partial charge in [-0.2, -0.15) is 0 Å². The Morgan fingerprint density at radius 1 is 1.38 bits per heavy atom. The minimum absolute atomic E-state index is 0.00894. The van der Waals surface area contributed by atoms with E-state index in [9.17, 15) is 4.79 Å². The van der Waals surface area contributed by atoms with Gasteiger partial charge in [0, 0.05) is 9.26 Å². The number of benzene rings is 1. The summed E-state index contributed by atoms with van der Waals surface area (Å²) in [7, 11) is 0. The Balaban J connectivity index is 2.47. The molecule has 1 unspecified atom stereocenters. The lowest BCUT2D eigenvalue weighted by atomic mass is 10.2. The first-order chi connectivity index (χ1) is 7.63. The summed E-state index contributed by atoms with van der Waals surface area (Å²) < 4.78 is 1.16. The van der Waals surface area contributed by atoms with Gasteiger partial charge < -0.3 is 10.6 Å². The number of anilines is 1. The van der Waals surface area contributed by atoms with Crippen molar-refractivity contribution in [1.82, 2.24) is 5.32 Å². The quantitative estimate of drug-likeness (QED) is 0.814. The Bertz CT molecular complexity index is 337. The second-order valence-electron chi connectivity index (χ2n) is 3.67. The molecule has 88 valence electrons. The van der Waals surface area contributed by atoms with Gasteiger partial charge in [-0.3, -0.25) is 4.79 Å². The Morgan fingerprint density at radius 3 is 2.56 bits per heavy atom. The van der Waals surface area contributed by atoms with Crippen LogP contribution in [0.4, 0.5) is 5.69 Å². The molecule has 0 saturated carbocycles. The Hall–Kier alpha value is -0.620. The number of carbonyl (C=O) groups excluding carboxylic acids is 1. The molecule has 1 rings (SSSR count). The van der Waals surface area contributed by atoms with Crippen LogP contribution in [-0.4, -0.2) is 18.5 Å². The van der Waals surface area contributed by atoms with Gasteiger partial charge in [0.05, 0.1) is 6.04 Å². The zero-order valence-corrected chi connectivity index (χ0v) is 11.7. The Morgan fingerprint density at radius 2 is 2.00 bits per heavy atom. The normalized spacial score (nSPS) is 12.2. The third-order valence-corrected chi connectivity index (χ3v) is 2.92. The van der Waals surface area contributed by atoms with Crippen LogP contribution in [0.25, 0.3) is 0 Å². The van der Waals surface area contributed by atoms with E-state index < -0.39 is 0 Å². The van der Waals surface area contributed by atoms with Crippen molar-refractivity contribution < 1.29 is 4.79 Å². The van der Waals surface area contributed by atoms with E-state index in [-0.39, 0.29) is 11.9 Å². The molecule has 0 radical (unpaired) electrons. The van der Waals surface area contributed by atoms with Gasteiger partial charge in [-0.1, -0.05) is 6.92 Å². The maximum atomic E-state index is 11.7. The smallest absolute Gasteiger partial charge is 0.241 e. The SMILES string of the molecule is CCCNC(C)C(=O)Nc1ccc(I)cc1. The number of hydrogen-bond donors (Lipinski definition) is 2. The van der Waals surface area contributed by atoms with E-state index in [0.717, 1.165) is 22.2 Å². The monoisotopic (exact) mass is 332 g/mol. The van der Waals surface area contributed by atoms with Crippen molar-refractivity contribution in [2.24, 2.45) is 0 Å². The summed E-state index contributed by atoms with van der Waals surface area (Å²) in [4.78, 5) is 11.7. The summed E-state index contributed by atoms with van der Waals surface area (Å²) in [6.45, 7) is 4.82. The van der Waals surface area contributed by atoms with E-state index in [4.69, 9.17) is 0 Å². The molecule has 1 aromatic rings. The highest BCUT2D eigenvalue weighted by molar-refractivity contribution is 14.1. The predicted octanol–water partition coefficient (Wildman–Crippen LogP) is 2.62. The molecule has 1 aromatic carbocycles. The second kappa shape index (κ2) is 6.85. The average molecular weight is 332 g/mol. The van der Waals surface area contributed by atoms with Gasteiger partial charge in [0.1, 0.15) is 0 Å². The number of nitrogens with one attached hydrogen (secondary N) is 2. The van der Waals surface area contributed by atoms with Gasteiger partial charge >= 0.3 is 0 Å². The molecule has 0 bridgehead atoms. The Labute approximate surface area is 110 Å². The van der Waals surface area contributed by atoms with Crippen LogP contribution in [0.1, 0.15) is 20.3 Å². The molecule has 1 atom stereocenters. The van der Waals surface area contributed by atoms with Gasteiger partial charge in [0.25, 0.3) is 0 Å². The second-order valence-corrected chi connectivity index (χ2v) is 4.92. The number of halogens is 1. The highest BCUT2D eigenvalue weighted by atomic mass is 127. The molecule has 2 N–H and O–H groups in total. The van der Waals surface area contributed by atoms with Crippen LogP contribution in [0.15, 0.2) is 24.3 Å². The fraction of sp³-hybridized carbons (Fsp3) is 0.417. The third kappa shape index (κ3) is 4.49. The molecule has 0 aromatic heterocycles. The van der Waals surface area contributed by atoms with E-state index in [1.807, 2.05) is 31.2 Å². The molecular weight excluding hydrogens is 315 g/mol. The van der Waals surface area contributed by atoms with Crippen molar-refractivity contribution in [3.63, 3.8) is 0 Å². The summed E-state index contributed by atoms with van der Waals surface area (Å²) in [5.74, 6) is 0.00894. The molecule has 1 amide bonds. The molecule has 0 heterocycles. The van der Waals surface area contributed by atoms with Crippen molar-refractivity contribution in [3.8, 4) is 0 Å². The van der Waals surface area contributed by atoms with Gasteiger partial charge in [0.15, 0.2) is 0 Å². The summed E-state index contributed by atoms with van der Waals surface area (Å²) in [5, 5.41) is 6.02. The molecule has 16 heavy (non-hydrogen) atoms. The minimum atomic E-state index is -0.153. The van der Waals surface area contributed by atoms with Gasteiger partial charge in [-0.15, -0.1) is 0 Å². The number of rotatable bonds is 5. The first-order valence-corrected chi connectivity index (χ1v) is 6.51. The molecule has 0 aliphatic heterocycles. The van der Waals surface area contributed by atoms with Crippen molar-refractivity contribution in [1.29, 1.82) is 0 Å². The first-order valence-electron chi connectivity index (χ1n) is 5.43. The lowest BCUT2D eigenvalue weighted by Gasteiger charge is -2.13. The van der Waals surface area contributed by atoms with Crippen LogP contribution in [0.5, 0.6) is 0 Å². The molecular formula is C12H17IN2O. The summed E-state index contributed by atoms with van der Waals surface area (Å²) in [5.41, 5.74) is 0.843. The molecule has 0 fully saturated rings. The maximum absolute atomic E-state index is 11.7. The van der Waals surface area contributed by atoms with Crippen LogP contribution < -0.4 is 10.6 Å². The van der Waals surface area contributed by atoms with Crippen molar-refractivity contribution in [2.75, 3.05) is 11.9 Å². The topological polar surface area (TPSA) is 41.1 Å². The van der Waals surface area contributed by atoms with E-state index >= 15 is 0 Å². The van der Waals surface area contributed by atoms with Crippen LogP contribution in [0, 0.1) is 3.57 Å². The Kier molecular flexibility index (Phi) is 5.76. The number of amides is 1. The highest BCUT2D eigenvalue weighted by Crippen LogP contribution is 2.11. The van der Waals surface area contributed by atoms with E-state index in [2.05, 4.69) is 40.1 Å². The molecule has 0 aliphatic rings. The molecule has 0 aliphatic carbocycles. The first kappa shape index (κ1) is 13.4. The minimum Gasteiger partial charge on any atom is -0.325 e. The van der Waals surface area contributed by atoms with Crippen molar-refractivity contribution >= 4 is 34.2 Å². The van der Waals surface area contributed by atoms with Crippen LogP contribution in [0.3, 0.4) is 0 Å². The standard InChI is InChI=1S/C12H17IN2O/c1-3-8-14-9(2)12(16)15-11-6-4-10(13)5-7-11/h4-7,9,14H,3,8H2,1-2H3,(H,15,16). The van der Waals surface area contributed by atoms with Gasteiger partial charge in [-0.25, -0.2) is 0 Å². The lowest BCUT2D eigenvalue weighted by Crippen LogP contribution is -2.38. The summed E-state index contributed by atoms with van der Waals surface area (Å²) in [6, 6.07) is 7.61. The van der Waals surface area contributed by atoms with Crippen LogP contribution in [-0.2, 0) is 4.79 Å². The fourth-order valence-electron chi connectivity index (χ4n) is 1.24. The van der Waals surface area contributed by atoms with Gasteiger partial charge in [0.2, 0.25) is 5.91 Å². The number of hydrogen-bond acceptors (Lipinski definition) is 2. The van der Waals surface area contributed by atoms with Crippen molar-refractivity contribution in [2.45, 2.75) is 26.3 Å². The largest absolute Gasteiger partial charge is 0.325 e. The van der Waals surface area contributed by atoms with Crippen LogP contribution in [0.2, 0.25) is 0 Å². The van der Waals surface area contributed by atoms with E-state index in [0.29, 0.717) is 0 Å². The van der Waals surface area contributed by atoms with E-state index in [1.54, 1.807) is 0 Å². The zero-order chi connectivity index (χ0) is 12.0. The summed E-state index contributed by atoms with van der Waals surface area (Å²) >= 11 is 2.24. The van der Waals surface area contributed by atoms with E-state index in [1.165, 1.54) is 0 Å². The zero-order valence-electron chi connectivity index (χ0n) is 9.59. The third-order valence-electron chi connectivity index (χ3n) is 2.21. The van der Waals surface area contributed by atoms with Crippen LogP contribution >= 0.6 is 22.6 Å². The average Bonchev–Trinajstić information content (AvgIpc) is 2.29. The maximum Gasteiger partial charge on any atom is 0.241 e. The lowest BCUT2D eigenvalue weighted by molar-refractivity contribution is -0.117. The fourth-order valence-corrected chi connectivity index (χ4v) is 1.60.